The zero-order chi connectivity index (χ0) is 17.7. The number of piperidine rings is 1. The lowest BCUT2D eigenvalue weighted by molar-refractivity contribution is -0.122. The van der Waals surface area contributed by atoms with Crippen LogP contribution in [0.4, 0.5) is 5.82 Å². The second kappa shape index (κ2) is 7.65. The van der Waals surface area contributed by atoms with Gasteiger partial charge in [-0.15, -0.1) is 0 Å². The SMILES string of the molecule is Cn1nccc1CCC(=O)NC[C@]1(O)CCCN(c2ccccn2)C1. The second-order valence-corrected chi connectivity index (χ2v) is 6.66. The van der Waals surface area contributed by atoms with E-state index in [1.807, 2.05) is 31.3 Å². The van der Waals surface area contributed by atoms with Gasteiger partial charge in [0.1, 0.15) is 5.82 Å². The molecule has 0 radical (unpaired) electrons. The summed E-state index contributed by atoms with van der Waals surface area (Å²) >= 11 is 0. The van der Waals surface area contributed by atoms with Gasteiger partial charge in [-0.25, -0.2) is 4.98 Å². The number of rotatable bonds is 6. The van der Waals surface area contributed by atoms with E-state index in [4.69, 9.17) is 0 Å². The molecule has 0 bridgehead atoms. The van der Waals surface area contributed by atoms with E-state index in [0.29, 0.717) is 25.8 Å². The third-order valence-electron chi connectivity index (χ3n) is 4.67. The molecule has 1 amide bonds. The van der Waals surface area contributed by atoms with Gasteiger partial charge in [-0.05, 0) is 37.5 Å². The Labute approximate surface area is 147 Å². The molecule has 2 N–H and O–H groups in total. The van der Waals surface area contributed by atoms with Crippen LogP contribution >= 0.6 is 0 Å². The van der Waals surface area contributed by atoms with E-state index in [1.54, 1.807) is 17.1 Å². The van der Waals surface area contributed by atoms with Gasteiger partial charge in [0, 0.05) is 51.2 Å². The highest BCUT2D eigenvalue weighted by atomic mass is 16.3. The molecular formula is C18H25N5O2. The van der Waals surface area contributed by atoms with Gasteiger partial charge in [0.05, 0.1) is 5.60 Å². The molecule has 7 nitrogen and oxygen atoms in total. The van der Waals surface area contributed by atoms with Crippen molar-refractivity contribution in [3.63, 3.8) is 0 Å². The van der Waals surface area contributed by atoms with Crippen LogP contribution in [0.1, 0.15) is 25.0 Å². The minimum Gasteiger partial charge on any atom is -0.386 e. The average Bonchev–Trinajstić information content (AvgIpc) is 3.04. The molecule has 0 aliphatic carbocycles. The molecule has 0 aromatic carbocycles. The molecule has 3 heterocycles. The van der Waals surface area contributed by atoms with E-state index in [-0.39, 0.29) is 12.5 Å². The number of nitrogens with zero attached hydrogens (tertiary/aromatic N) is 4. The summed E-state index contributed by atoms with van der Waals surface area (Å²) in [4.78, 5) is 18.5. The van der Waals surface area contributed by atoms with E-state index < -0.39 is 5.60 Å². The fourth-order valence-electron chi connectivity index (χ4n) is 3.23. The number of carbonyl (C=O) groups excluding carboxylic acids is 1. The van der Waals surface area contributed by atoms with Gasteiger partial charge in [0.25, 0.3) is 0 Å². The topological polar surface area (TPSA) is 83.3 Å². The van der Waals surface area contributed by atoms with Crippen molar-refractivity contribution in [1.82, 2.24) is 20.1 Å². The standard InChI is InChI=1S/C18H25N5O2/c1-22-15(8-11-21-22)6-7-17(24)20-13-18(25)9-4-12-23(14-18)16-5-2-3-10-19-16/h2-3,5,8,10-11,25H,4,6-7,9,12-14H2,1H3,(H,20,24)/t18-/m1/s1. The molecule has 1 saturated heterocycles. The molecule has 0 spiro atoms. The number of pyridine rings is 1. The third-order valence-corrected chi connectivity index (χ3v) is 4.67. The smallest absolute Gasteiger partial charge is 0.220 e. The average molecular weight is 343 g/mol. The van der Waals surface area contributed by atoms with Gasteiger partial charge in [-0.3, -0.25) is 9.48 Å². The van der Waals surface area contributed by atoms with Crippen molar-refractivity contribution in [2.24, 2.45) is 7.05 Å². The molecule has 2 aromatic heterocycles. The highest BCUT2D eigenvalue weighted by Crippen LogP contribution is 2.24. The number of carbonyl (C=O) groups is 1. The Balaban J connectivity index is 1.49. The van der Waals surface area contributed by atoms with Gasteiger partial charge in [-0.1, -0.05) is 6.07 Å². The quantitative estimate of drug-likeness (QED) is 0.814. The molecule has 1 atom stereocenters. The maximum Gasteiger partial charge on any atom is 0.220 e. The lowest BCUT2D eigenvalue weighted by atomic mass is 9.92. The normalized spacial score (nSPS) is 20.5. The van der Waals surface area contributed by atoms with Gasteiger partial charge < -0.3 is 15.3 Å². The number of anilines is 1. The second-order valence-electron chi connectivity index (χ2n) is 6.66. The Hall–Kier alpha value is -2.41. The lowest BCUT2D eigenvalue weighted by Crippen LogP contribution is -2.54. The van der Waals surface area contributed by atoms with Crippen molar-refractivity contribution >= 4 is 11.7 Å². The molecule has 1 aliphatic heterocycles. The van der Waals surface area contributed by atoms with Crippen LogP contribution in [0.2, 0.25) is 0 Å². The van der Waals surface area contributed by atoms with Crippen LogP contribution in [0.3, 0.4) is 0 Å². The number of hydrogen-bond donors (Lipinski definition) is 2. The first-order valence-corrected chi connectivity index (χ1v) is 8.68. The van der Waals surface area contributed by atoms with Crippen molar-refractivity contribution < 1.29 is 9.90 Å². The first kappa shape index (κ1) is 17.4. The minimum atomic E-state index is -0.919. The summed E-state index contributed by atoms with van der Waals surface area (Å²) in [6.07, 6.45) is 6.06. The monoisotopic (exact) mass is 343 g/mol. The van der Waals surface area contributed by atoms with Crippen molar-refractivity contribution in [2.75, 3.05) is 24.5 Å². The molecule has 7 heteroatoms. The van der Waals surface area contributed by atoms with Crippen LogP contribution in [0.25, 0.3) is 0 Å². The van der Waals surface area contributed by atoms with Crippen LogP contribution in [0.5, 0.6) is 0 Å². The molecule has 1 fully saturated rings. The number of β-amino-alcohol motifs (C(OH)–C–C–N with tert-alkyl or cyclic N) is 1. The molecule has 25 heavy (non-hydrogen) atoms. The molecule has 1 aliphatic rings. The van der Waals surface area contributed by atoms with Crippen molar-refractivity contribution in [3.05, 3.63) is 42.4 Å². The minimum absolute atomic E-state index is 0.0513. The summed E-state index contributed by atoms with van der Waals surface area (Å²) in [6.45, 7) is 1.61. The molecule has 0 unspecified atom stereocenters. The predicted molar refractivity (Wildman–Crippen MR) is 95.2 cm³/mol. The van der Waals surface area contributed by atoms with Crippen LogP contribution in [0.15, 0.2) is 36.7 Å². The van der Waals surface area contributed by atoms with E-state index in [1.165, 1.54) is 0 Å². The number of aromatic nitrogens is 3. The zero-order valence-corrected chi connectivity index (χ0v) is 14.6. The van der Waals surface area contributed by atoms with Gasteiger partial charge >= 0.3 is 0 Å². The largest absolute Gasteiger partial charge is 0.386 e. The zero-order valence-electron chi connectivity index (χ0n) is 14.6. The molecule has 3 rings (SSSR count). The van der Waals surface area contributed by atoms with Crippen molar-refractivity contribution in [2.45, 2.75) is 31.3 Å². The Kier molecular flexibility index (Phi) is 5.33. The van der Waals surface area contributed by atoms with Gasteiger partial charge in [0.2, 0.25) is 5.91 Å². The van der Waals surface area contributed by atoms with Gasteiger partial charge in [0.15, 0.2) is 0 Å². The van der Waals surface area contributed by atoms with Crippen molar-refractivity contribution in [3.8, 4) is 0 Å². The first-order valence-electron chi connectivity index (χ1n) is 8.68. The lowest BCUT2D eigenvalue weighted by Gasteiger charge is -2.39. The van der Waals surface area contributed by atoms with Crippen LogP contribution in [-0.2, 0) is 18.3 Å². The third kappa shape index (κ3) is 4.57. The fourth-order valence-corrected chi connectivity index (χ4v) is 3.23. The molecule has 134 valence electrons. The number of amides is 1. The highest BCUT2D eigenvalue weighted by Gasteiger charge is 2.34. The molecule has 2 aromatic rings. The van der Waals surface area contributed by atoms with Gasteiger partial charge in [-0.2, -0.15) is 5.10 Å². The number of nitrogens with one attached hydrogen (secondary N) is 1. The summed E-state index contributed by atoms with van der Waals surface area (Å²) in [6, 6.07) is 7.67. The highest BCUT2D eigenvalue weighted by molar-refractivity contribution is 5.76. The maximum absolute atomic E-state index is 12.1. The van der Waals surface area contributed by atoms with E-state index in [2.05, 4.69) is 20.3 Å². The van der Waals surface area contributed by atoms with Crippen molar-refractivity contribution in [1.29, 1.82) is 0 Å². The number of aliphatic hydroxyl groups is 1. The fraction of sp³-hybridized carbons (Fsp3) is 0.500. The Morgan fingerprint density at radius 3 is 2.96 bits per heavy atom. The Morgan fingerprint density at radius 1 is 1.36 bits per heavy atom. The number of hydrogen-bond acceptors (Lipinski definition) is 5. The Morgan fingerprint density at radius 2 is 2.24 bits per heavy atom. The predicted octanol–water partition coefficient (Wildman–Crippen LogP) is 0.895. The van der Waals surface area contributed by atoms with Crippen LogP contribution in [-0.4, -0.2) is 51.0 Å². The van der Waals surface area contributed by atoms with Crippen LogP contribution in [0, 0.1) is 0 Å². The summed E-state index contributed by atoms with van der Waals surface area (Å²) in [7, 11) is 1.87. The molecular weight excluding hydrogens is 318 g/mol. The van der Waals surface area contributed by atoms with E-state index in [0.717, 1.165) is 24.5 Å². The number of aryl methyl sites for hydroxylation is 2. The Bertz CT molecular complexity index is 703. The van der Waals surface area contributed by atoms with E-state index in [9.17, 15) is 9.90 Å². The maximum atomic E-state index is 12.1. The van der Waals surface area contributed by atoms with Crippen LogP contribution < -0.4 is 10.2 Å². The summed E-state index contributed by atoms with van der Waals surface area (Å²) in [5.74, 6) is 0.813. The summed E-state index contributed by atoms with van der Waals surface area (Å²) < 4.78 is 1.77. The molecule has 0 saturated carbocycles. The summed E-state index contributed by atoms with van der Waals surface area (Å²) in [5, 5.41) is 17.8. The van der Waals surface area contributed by atoms with E-state index >= 15 is 0 Å². The first-order chi connectivity index (χ1) is 12.1. The summed E-state index contributed by atoms with van der Waals surface area (Å²) in [5.41, 5.74) is 0.102.